The number of carbonyl (C=O) groups excluding carboxylic acids is 1. The van der Waals surface area contributed by atoms with Crippen LogP contribution < -0.4 is 10.3 Å². The van der Waals surface area contributed by atoms with Gasteiger partial charge in [-0.25, -0.2) is 0 Å². The standard InChI is InChI=1S/C20H21ClN2O4/c1-4-5-6-9-23-19(25)14(11-22)12(2)17(20(23)26)18(24)13-7-8-16(27-3)15(21)10-13/h7-8,10,26H,4-6,9H2,1-3H3. The van der Waals surface area contributed by atoms with Crippen molar-refractivity contribution in [3.63, 3.8) is 0 Å². The summed E-state index contributed by atoms with van der Waals surface area (Å²) in [6, 6.07) is 6.35. The van der Waals surface area contributed by atoms with Crippen LogP contribution in [-0.2, 0) is 6.54 Å². The van der Waals surface area contributed by atoms with Crippen LogP contribution in [0.3, 0.4) is 0 Å². The molecule has 7 heteroatoms. The van der Waals surface area contributed by atoms with Crippen molar-refractivity contribution in [1.29, 1.82) is 5.26 Å². The number of aromatic nitrogens is 1. The Labute approximate surface area is 162 Å². The Hall–Kier alpha value is -2.78. The molecule has 1 aromatic carbocycles. The van der Waals surface area contributed by atoms with Crippen LogP contribution in [0.25, 0.3) is 0 Å². The number of pyridine rings is 1. The van der Waals surface area contributed by atoms with Crippen molar-refractivity contribution in [2.75, 3.05) is 7.11 Å². The maximum Gasteiger partial charge on any atom is 0.271 e. The van der Waals surface area contributed by atoms with Gasteiger partial charge in [-0.2, -0.15) is 5.26 Å². The van der Waals surface area contributed by atoms with Gasteiger partial charge in [0.2, 0.25) is 5.88 Å². The lowest BCUT2D eigenvalue weighted by Gasteiger charge is -2.16. The number of methoxy groups -OCH3 is 1. The fourth-order valence-electron chi connectivity index (χ4n) is 2.90. The first kappa shape index (κ1) is 20.5. The van der Waals surface area contributed by atoms with Crippen molar-refractivity contribution in [3.05, 3.63) is 55.8 Å². The molecule has 0 fully saturated rings. The molecule has 0 aliphatic carbocycles. The molecule has 2 aromatic rings. The topological polar surface area (TPSA) is 92.3 Å². The molecule has 0 aliphatic rings. The third kappa shape index (κ3) is 3.99. The fourth-order valence-corrected chi connectivity index (χ4v) is 3.16. The van der Waals surface area contributed by atoms with Gasteiger partial charge in [-0.05, 0) is 37.1 Å². The van der Waals surface area contributed by atoms with E-state index >= 15 is 0 Å². The molecule has 6 nitrogen and oxygen atoms in total. The van der Waals surface area contributed by atoms with Gasteiger partial charge in [0.1, 0.15) is 17.4 Å². The molecule has 0 aliphatic heterocycles. The fraction of sp³-hybridized carbons (Fsp3) is 0.350. The van der Waals surface area contributed by atoms with Gasteiger partial charge in [0, 0.05) is 12.1 Å². The number of ketones is 1. The first-order valence-corrected chi connectivity index (χ1v) is 8.99. The van der Waals surface area contributed by atoms with Crippen molar-refractivity contribution in [2.24, 2.45) is 0 Å². The van der Waals surface area contributed by atoms with Crippen molar-refractivity contribution in [3.8, 4) is 17.7 Å². The molecule has 1 aromatic heterocycles. The lowest BCUT2D eigenvalue weighted by Crippen LogP contribution is -2.27. The third-order valence-electron chi connectivity index (χ3n) is 4.43. The molecular formula is C20H21ClN2O4. The Kier molecular flexibility index (Phi) is 6.65. The monoisotopic (exact) mass is 388 g/mol. The van der Waals surface area contributed by atoms with Crippen molar-refractivity contribution < 1.29 is 14.6 Å². The number of unbranched alkanes of at least 4 members (excludes halogenated alkanes) is 2. The van der Waals surface area contributed by atoms with Crippen LogP contribution in [0.5, 0.6) is 11.6 Å². The molecule has 0 saturated heterocycles. The molecule has 0 spiro atoms. The second kappa shape index (κ2) is 8.74. The van der Waals surface area contributed by atoms with Gasteiger partial charge in [-0.1, -0.05) is 31.4 Å². The van der Waals surface area contributed by atoms with E-state index in [4.69, 9.17) is 16.3 Å². The first-order valence-electron chi connectivity index (χ1n) is 8.62. The van der Waals surface area contributed by atoms with E-state index in [1.165, 1.54) is 26.2 Å². The predicted molar refractivity (Wildman–Crippen MR) is 103 cm³/mol. The molecule has 27 heavy (non-hydrogen) atoms. The highest BCUT2D eigenvalue weighted by Crippen LogP contribution is 2.29. The van der Waals surface area contributed by atoms with Crippen LogP contribution in [0.15, 0.2) is 23.0 Å². The van der Waals surface area contributed by atoms with Gasteiger partial charge in [0.05, 0.1) is 17.7 Å². The third-order valence-corrected chi connectivity index (χ3v) is 4.72. The van der Waals surface area contributed by atoms with E-state index in [0.717, 1.165) is 17.4 Å². The van der Waals surface area contributed by atoms with Crippen LogP contribution in [0.4, 0.5) is 0 Å². The van der Waals surface area contributed by atoms with Gasteiger partial charge < -0.3 is 9.84 Å². The Morgan fingerprint density at radius 1 is 1.37 bits per heavy atom. The number of carbonyl (C=O) groups is 1. The quantitative estimate of drug-likeness (QED) is 0.575. The number of ether oxygens (including phenoxy) is 1. The van der Waals surface area contributed by atoms with E-state index < -0.39 is 17.2 Å². The summed E-state index contributed by atoms with van der Waals surface area (Å²) in [6.45, 7) is 3.73. The molecule has 1 N–H and O–H groups in total. The highest BCUT2D eigenvalue weighted by molar-refractivity contribution is 6.32. The van der Waals surface area contributed by atoms with Gasteiger partial charge in [-0.15, -0.1) is 0 Å². The Bertz CT molecular complexity index is 973. The van der Waals surface area contributed by atoms with Gasteiger partial charge >= 0.3 is 0 Å². The van der Waals surface area contributed by atoms with E-state index in [1.54, 1.807) is 6.07 Å². The Balaban J connectivity index is 2.63. The summed E-state index contributed by atoms with van der Waals surface area (Å²) in [5.74, 6) is -0.531. The van der Waals surface area contributed by atoms with E-state index in [0.29, 0.717) is 12.2 Å². The van der Waals surface area contributed by atoms with Crippen LogP contribution >= 0.6 is 11.6 Å². The molecule has 2 rings (SSSR count). The smallest absolute Gasteiger partial charge is 0.271 e. The molecule has 0 radical (unpaired) electrons. The zero-order valence-electron chi connectivity index (χ0n) is 15.5. The molecule has 0 saturated carbocycles. The Morgan fingerprint density at radius 3 is 2.63 bits per heavy atom. The summed E-state index contributed by atoms with van der Waals surface area (Å²) in [6.07, 6.45) is 2.45. The molecule has 0 bridgehead atoms. The second-order valence-electron chi connectivity index (χ2n) is 6.15. The van der Waals surface area contributed by atoms with Crippen LogP contribution in [0.1, 0.15) is 53.2 Å². The number of nitriles is 1. The van der Waals surface area contributed by atoms with Crippen molar-refractivity contribution in [2.45, 2.75) is 39.7 Å². The zero-order valence-corrected chi connectivity index (χ0v) is 16.3. The molecule has 142 valence electrons. The number of rotatable bonds is 7. The predicted octanol–water partition coefficient (Wildman–Crippen LogP) is 3.82. The highest BCUT2D eigenvalue weighted by atomic mass is 35.5. The van der Waals surface area contributed by atoms with Crippen molar-refractivity contribution >= 4 is 17.4 Å². The number of aromatic hydroxyl groups is 1. The molecule has 0 unspecified atom stereocenters. The van der Waals surface area contributed by atoms with E-state index in [1.807, 2.05) is 13.0 Å². The number of benzene rings is 1. The van der Waals surface area contributed by atoms with E-state index in [-0.39, 0.29) is 33.8 Å². The molecule has 0 amide bonds. The lowest BCUT2D eigenvalue weighted by atomic mass is 9.97. The van der Waals surface area contributed by atoms with Crippen LogP contribution in [0.2, 0.25) is 5.02 Å². The maximum atomic E-state index is 13.0. The molecule has 1 heterocycles. The second-order valence-corrected chi connectivity index (χ2v) is 6.56. The summed E-state index contributed by atoms with van der Waals surface area (Å²) in [5, 5.41) is 20.3. The van der Waals surface area contributed by atoms with E-state index in [2.05, 4.69) is 0 Å². The summed E-state index contributed by atoms with van der Waals surface area (Å²) in [4.78, 5) is 25.5. The summed E-state index contributed by atoms with van der Waals surface area (Å²) in [5.41, 5.74) is -0.422. The molecular weight excluding hydrogens is 368 g/mol. The minimum absolute atomic E-state index is 0.0659. The summed E-state index contributed by atoms with van der Waals surface area (Å²) in [7, 11) is 1.46. The highest BCUT2D eigenvalue weighted by Gasteiger charge is 2.25. The first-order chi connectivity index (χ1) is 12.9. The maximum absolute atomic E-state index is 13.0. The minimum atomic E-state index is -0.590. The van der Waals surface area contributed by atoms with Gasteiger partial charge in [0.25, 0.3) is 5.56 Å². The Morgan fingerprint density at radius 2 is 2.07 bits per heavy atom. The number of halogens is 1. The summed E-state index contributed by atoms with van der Waals surface area (Å²) >= 11 is 6.09. The van der Waals surface area contributed by atoms with E-state index in [9.17, 15) is 20.0 Å². The SMILES string of the molecule is CCCCCn1c(O)c(C(=O)c2ccc(OC)c(Cl)c2)c(C)c(C#N)c1=O. The van der Waals surface area contributed by atoms with Gasteiger partial charge in [-0.3, -0.25) is 14.2 Å². The number of hydrogen-bond donors (Lipinski definition) is 1. The van der Waals surface area contributed by atoms with Crippen molar-refractivity contribution in [1.82, 2.24) is 4.57 Å². The lowest BCUT2D eigenvalue weighted by molar-refractivity contribution is 0.103. The minimum Gasteiger partial charge on any atom is -0.495 e. The molecule has 0 atom stereocenters. The largest absolute Gasteiger partial charge is 0.495 e. The number of nitrogens with zero attached hydrogens (tertiary/aromatic N) is 2. The zero-order chi connectivity index (χ0) is 20.1. The van der Waals surface area contributed by atoms with Crippen LogP contribution in [-0.4, -0.2) is 22.6 Å². The average molecular weight is 389 g/mol. The van der Waals surface area contributed by atoms with Crippen LogP contribution in [0, 0.1) is 18.3 Å². The normalized spacial score (nSPS) is 10.5. The van der Waals surface area contributed by atoms with Gasteiger partial charge in [0.15, 0.2) is 5.78 Å². The average Bonchev–Trinajstić information content (AvgIpc) is 2.64. The number of hydrogen-bond acceptors (Lipinski definition) is 5. The summed E-state index contributed by atoms with van der Waals surface area (Å²) < 4.78 is 6.17.